The van der Waals surface area contributed by atoms with Gasteiger partial charge in [0.25, 0.3) is 5.91 Å². The summed E-state index contributed by atoms with van der Waals surface area (Å²) in [6.07, 6.45) is -4.43. The summed E-state index contributed by atoms with van der Waals surface area (Å²) in [5.41, 5.74) is 0.607. The van der Waals surface area contributed by atoms with Crippen LogP contribution in [0.15, 0.2) is 42.5 Å². The van der Waals surface area contributed by atoms with Crippen LogP contribution in [0.4, 0.5) is 18.9 Å². The number of carbonyl (C=O) groups excluding carboxylic acids is 2. The van der Waals surface area contributed by atoms with Crippen molar-refractivity contribution in [3.05, 3.63) is 59.2 Å². The second-order valence-electron chi connectivity index (χ2n) is 5.38. The van der Waals surface area contributed by atoms with Gasteiger partial charge in [0.1, 0.15) is 5.75 Å². The number of nitrogens with one attached hydrogen (secondary N) is 1. The molecule has 0 bridgehead atoms. The highest BCUT2D eigenvalue weighted by Crippen LogP contribution is 2.30. The van der Waals surface area contributed by atoms with Crippen LogP contribution in [-0.2, 0) is 15.7 Å². The van der Waals surface area contributed by atoms with Crippen LogP contribution >= 0.6 is 0 Å². The molecular weight excluding hydrogens is 351 g/mol. The number of benzene rings is 2. The van der Waals surface area contributed by atoms with Crippen molar-refractivity contribution in [3.8, 4) is 5.75 Å². The molecule has 8 heteroatoms. The van der Waals surface area contributed by atoms with Crippen molar-refractivity contribution in [2.45, 2.75) is 13.1 Å². The van der Waals surface area contributed by atoms with Crippen LogP contribution in [0.2, 0.25) is 0 Å². The molecule has 0 unspecified atom stereocenters. The fraction of sp³-hybridized carbons (Fsp3) is 0.222. The lowest BCUT2D eigenvalue weighted by Gasteiger charge is -2.11. The van der Waals surface area contributed by atoms with E-state index < -0.39 is 30.2 Å². The smallest absolute Gasteiger partial charge is 0.416 e. The molecule has 0 fully saturated rings. The van der Waals surface area contributed by atoms with Crippen molar-refractivity contribution in [3.63, 3.8) is 0 Å². The number of amides is 1. The predicted molar refractivity (Wildman–Crippen MR) is 88.1 cm³/mol. The minimum absolute atomic E-state index is 0.133. The fourth-order valence-electron chi connectivity index (χ4n) is 2.08. The summed E-state index contributed by atoms with van der Waals surface area (Å²) in [4.78, 5) is 23.5. The first-order valence-electron chi connectivity index (χ1n) is 7.49. The second-order valence-corrected chi connectivity index (χ2v) is 5.38. The summed E-state index contributed by atoms with van der Waals surface area (Å²) in [6, 6.07) is 8.71. The lowest BCUT2D eigenvalue weighted by molar-refractivity contribution is -0.137. The number of ether oxygens (including phenoxy) is 2. The summed E-state index contributed by atoms with van der Waals surface area (Å²) in [5, 5.41) is 2.58. The maximum atomic E-state index is 12.5. The maximum Gasteiger partial charge on any atom is 0.416 e. The number of esters is 1. The number of rotatable bonds is 5. The number of methoxy groups -OCH3 is 1. The molecule has 0 aliphatic rings. The van der Waals surface area contributed by atoms with E-state index in [1.807, 2.05) is 0 Å². The van der Waals surface area contributed by atoms with Gasteiger partial charge in [-0.1, -0.05) is 6.07 Å². The molecule has 0 aliphatic heterocycles. The Labute approximate surface area is 147 Å². The first-order chi connectivity index (χ1) is 12.2. The number of anilines is 1. The number of alkyl halides is 3. The van der Waals surface area contributed by atoms with Gasteiger partial charge in [-0.05, 0) is 48.9 Å². The van der Waals surface area contributed by atoms with Gasteiger partial charge in [0.05, 0.1) is 18.2 Å². The van der Waals surface area contributed by atoms with Crippen LogP contribution in [0.1, 0.15) is 21.5 Å². The lowest BCUT2D eigenvalue weighted by atomic mass is 10.1. The predicted octanol–water partition coefficient (Wildman–Crippen LogP) is 3.82. The molecule has 0 saturated carbocycles. The van der Waals surface area contributed by atoms with Crippen LogP contribution in [0.3, 0.4) is 0 Å². The number of aryl methyl sites for hydroxylation is 1. The van der Waals surface area contributed by atoms with E-state index in [2.05, 4.69) is 10.1 Å². The Balaban J connectivity index is 1.98. The van der Waals surface area contributed by atoms with E-state index in [1.165, 1.54) is 13.2 Å². The molecule has 1 N–H and O–H groups in total. The SMILES string of the molecule is COC(=O)c1ccc(C)c(NC(=O)COc2ccc(C(F)(F)F)cc2)c1. The zero-order chi connectivity index (χ0) is 19.3. The van der Waals surface area contributed by atoms with Crippen molar-refractivity contribution in [1.82, 2.24) is 0 Å². The molecule has 1 amide bonds. The molecule has 0 atom stereocenters. The molecule has 26 heavy (non-hydrogen) atoms. The number of hydrogen-bond acceptors (Lipinski definition) is 4. The Hall–Kier alpha value is -3.03. The van der Waals surface area contributed by atoms with Gasteiger partial charge in [-0.3, -0.25) is 4.79 Å². The van der Waals surface area contributed by atoms with Crippen molar-refractivity contribution in [2.24, 2.45) is 0 Å². The van der Waals surface area contributed by atoms with Gasteiger partial charge in [0, 0.05) is 5.69 Å². The van der Waals surface area contributed by atoms with E-state index in [0.717, 1.165) is 29.8 Å². The number of hydrogen-bond donors (Lipinski definition) is 1. The van der Waals surface area contributed by atoms with Gasteiger partial charge in [-0.25, -0.2) is 4.79 Å². The average molecular weight is 367 g/mol. The van der Waals surface area contributed by atoms with E-state index >= 15 is 0 Å². The Bertz CT molecular complexity index is 801. The minimum Gasteiger partial charge on any atom is -0.484 e. The van der Waals surface area contributed by atoms with Crippen LogP contribution in [0.25, 0.3) is 0 Å². The Morgan fingerprint density at radius 2 is 1.73 bits per heavy atom. The molecule has 138 valence electrons. The van der Waals surface area contributed by atoms with Crippen LogP contribution in [0, 0.1) is 6.92 Å². The third-order valence-corrected chi connectivity index (χ3v) is 3.48. The van der Waals surface area contributed by atoms with Crippen molar-refractivity contribution < 1.29 is 32.2 Å². The summed E-state index contributed by atoms with van der Waals surface area (Å²) in [6.45, 7) is 1.35. The molecule has 0 radical (unpaired) electrons. The summed E-state index contributed by atoms with van der Waals surface area (Å²) in [7, 11) is 1.25. The fourth-order valence-corrected chi connectivity index (χ4v) is 2.08. The lowest BCUT2D eigenvalue weighted by Crippen LogP contribution is -2.21. The van der Waals surface area contributed by atoms with Gasteiger partial charge in [-0.15, -0.1) is 0 Å². The molecule has 5 nitrogen and oxygen atoms in total. The van der Waals surface area contributed by atoms with Gasteiger partial charge >= 0.3 is 12.1 Å². The highest BCUT2D eigenvalue weighted by atomic mass is 19.4. The zero-order valence-electron chi connectivity index (χ0n) is 14.0. The maximum absolute atomic E-state index is 12.5. The number of halogens is 3. The van der Waals surface area contributed by atoms with Gasteiger partial charge < -0.3 is 14.8 Å². The molecule has 2 rings (SSSR count). The molecule has 0 spiro atoms. The van der Waals surface area contributed by atoms with Gasteiger partial charge in [0.2, 0.25) is 0 Å². The summed E-state index contributed by atoms with van der Waals surface area (Å²) < 4.78 is 47.3. The highest BCUT2D eigenvalue weighted by molar-refractivity contribution is 5.95. The summed E-state index contributed by atoms with van der Waals surface area (Å²) in [5.74, 6) is -0.926. The monoisotopic (exact) mass is 367 g/mol. The molecule has 2 aromatic carbocycles. The Morgan fingerprint density at radius 3 is 2.31 bits per heavy atom. The van der Waals surface area contributed by atoms with Crippen LogP contribution in [-0.4, -0.2) is 25.6 Å². The number of carbonyl (C=O) groups is 2. The van der Waals surface area contributed by atoms with E-state index in [0.29, 0.717) is 5.69 Å². The van der Waals surface area contributed by atoms with Crippen molar-refractivity contribution in [1.29, 1.82) is 0 Å². The minimum atomic E-state index is -4.43. The van der Waals surface area contributed by atoms with Crippen LogP contribution < -0.4 is 10.1 Å². The van der Waals surface area contributed by atoms with Crippen molar-refractivity contribution in [2.75, 3.05) is 19.0 Å². The molecule has 0 heterocycles. The molecule has 0 aliphatic carbocycles. The first-order valence-corrected chi connectivity index (χ1v) is 7.49. The Kier molecular flexibility index (Phi) is 5.86. The van der Waals surface area contributed by atoms with Crippen LogP contribution in [0.5, 0.6) is 5.75 Å². The highest BCUT2D eigenvalue weighted by Gasteiger charge is 2.30. The quantitative estimate of drug-likeness (QED) is 0.816. The zero-order valence-corrected chi connectivity index (χ0v) is 14.0. The first kappa shape index (κ1) is 19.3. The van der Waals surface area contributed by atoms with E-state index in [4.69, 9.17) is 4.74 Å². The summed E-state index contributed by atoms with van der Waals surface area (Å²) >= 11 is 0. The average Bonchev–Trinajstić information content (AvgIpc) is 2.60. The standard InChI is InChI=1S/C18H16F3NO4/c1-11-3-4-12(17(24)25-2)9-15(11)22-16(23)10-26-14-7-5-13(6-8-14)18(19,20)21/h3-9H,10H2,1-2H3,(H,22,23). The molecule has 0 aromatic heterocycles. The van der Waals surface area contributed by atoms with Gasteiger partial charge in [-0.2, -0.15) is 13.2 Å². The van der Waals surface area contributed by atoms with E-state index in [1.54, 1.807) is 19.1 Å². The third kappa shape index (κ3) is 4.98. The molecule has 2 aromatic rings. The third-order valence-electron chi connectivity index (χ3n) is 3.48. The molecule has 0 saturated heterocycles. The van der Waals surface area contributed by atoms with E-state index in [9.17, 15) is 22.8 Å². The topological polar surface area (TPSA) is 64.6 Å². The Morgan fingerprint density at radius 1 is 1.08 bits per heavy atom. The van der Waals surface area contributed by atoms with Gasteiger partial charge in [0.15, 0.2) is 6.61 Å². The molecular formula is C18H16F3NO4. The normalized spacial score (nSPS) is 11.0. The second kappa shape index (κ2) is 7.90. The largest absolute Gasteiger partial charge is 0.484 e. The van der Waals surface area contributed by atoms with Crippen molar-refractivity contribution >= 4 is 17.6 Å². The van der Waals surface area contributed by atoms with E-state index in [-0.39, 0.29) is 11.3 Å².